The topological polar surface area (TPSA) is 64.5 Å². The second kappa shape index (κ2) is 8.77. The molecule has 1 aromatic heterocycles. The Hall–Kier alpha value is -2.23. The number of anilines is 1. The molecule has 3 aliphatic rings. The molecule has 1 aromatic carbocycles. The molecule has 1 unspecified atom stereocenters. The third-order valence-corrected chi connectivity index (χ3v) is 8.37. The number of nitrogens with zero attached hydrogens (tertiary/aromatic N) is 4. The number of aliphatic hydroxyl groups excluding tert-OH is 1. The van der Waals surface area contributed by atoms with E-state index in [4.69, 9.17) is 0 Å². The fourth-order valence-electron chi connectivity index (χ4n) is 6.01. The van der Waals surface area contributed by atoms with E-state index in [9.17, 15) is 18.3 Å². The molecule has 0 radical (unpaired) electrons. The molecule has 0 bridgehead atoms. The Morgan fingerprint density at radius 2 is 1.71 bits per heavy atom. The molecule has 0 amide bonds. The molecule has 5 rings (SSSR count). The lowest BCUT2D eigenvalue weighted by atomic mass is 9.68. The summed E-state index contributed by atoms with van der Waals surface area (Å²) in [5.74, 6) is -0.606. The van der Waals surface area contributed by atoms with Gasteiger partial charge in [0.05, 0.1) is 18.1 Å². The predicted octanol–water partition coefficient (Wildman–Crippen LogP) is 4.12. The highest BCUT2D eigenvalue weighted by Crippen LogP contribution is 2.49. The minimum Gasteiger partial charge on any atom is -0.361 e. The maximum atomic E-state index is 13.0. The lowest BCUT2D eigenvalue weighted by Gasteiger charge is -2.49. The van der Waals surface area contributed by atoms with Crippen LogP contribution in [0.4, 0.5) is 18.9 Å². The van der Waals surface area contributed by atoms with Crippen molar-refractivity contribution in [1.82, 2.24) is 20.2 Å². The zero-order valence-electron chi connectivity index (χ0n) is 19.4. The molecule has 2 aromatic rings. The average molecular weight is 476 g/mol. The number of hydrogen-bond donors (Lipinski definition) is 2. The summed E-state index contributed by atoms with van der Waals surface area (Å²) in [5.41, 5.74) is 1.33. The number of halogens is 3. The van der Waals surface area contributed by atoms with Crippen LogP contribution in [0.1, 0.15) is 56.3 Å². The minimum absolute atomic E-state index is 0.121. The van der Waals surface area contributed by atoms with Crippen molar-refractivity contribution >= 4 is 5.69 Å². The normalized spacial score (nSPS) is 30.6. The lowest BCUT2D eigenvalue weighted by Crippen LogP contribution is -2.57. The van der Waals surface area contributed by atoms with Gasteiger partial charge in [-0.25, -0.2) is 9.97 Å². The zero-order valence-corrected chi connectivity index (χ0v) is 19.4. The molecular weight excluding hydrogens is 443 g/mol. The molecule has 1 aliphatic heterocycles. The van der Waals surface area contributed by atoms with Crippen molar-refractivity contribution in [1.29, 1.82) is 0 Å². The monoisotopic (exact) mass is 475 g/mol. The van der Waals surface area contributed by atoms with Crippen LogP contribution in [0.3, 0.4) is 0 Å². The summed E-state index contributed by atoms with van der Waals surface area (Å²) < 4.78 is 38.9. The van der Waals surface area contributed by atoms with Gasteiger partial charge in [-0.1, -0.05) is 36.8 Å². The molecule has 9 heteroatoms. The van der Waals surface area contributed by atoms with Gasteiger partial charge in [-0.05, 0) is 57.1 Å². The van der Waals surface area contributed by atoms with E-state index in [0.29, 0.717) is 18.2 Å². The van der Waals surface area contributed by atoms with E-state index in [1.54, 1.807) is 4.90 Å². The van der Waals surface area contributed by atoms with Crippen molar-refractivity contribution in [3.63, 3.8) is 0 Å². The molecule has 2 aliphatic carbocycles. The molecule has 2 heterocycles. The van der Waals surface area contributed by atoms with E-state index in [0.717, 1.165) is 45.1 Å². The first-order chi connectivity index (χ1) is 16.3. The third kappa shape index (κ3) is 4.07. The number of hydrogen-bond acceptors (Lipinski definition) is 6. The smallest absolute Gasteiger partial charge is 0.361 e. The second-order valence-corrected chi connectivity index (χ2v) is 10.1. The number of nitrogens with one attached hydrogen (secondary N) is 1. The summed E-state index contributed by atoms with van der Waals surface area (Å²) >= 11 is 0. The van der Waals surface area contributed by atoms with E-state index >= 15 is 0 Å². The first-order valence-corrected chi connectivity index (χ1v) is 12.1. The van der Waals surface area contributed by atoms with Crippen LogP contribution < -0.4 is 10.2 Å². The van der Waals surface area contributed by atoms with Crippen LogP contribution in [0.15, 0.2) is 42.7 Å². The zero-order chi connectivity index (χ0) is 24.0. The standard InChI is InChI=1S/C25H32F3N5O/c1-29-24(19-8-3-2-4-9-19)12-10-23(11-13-24)17-32(22(34)33(23)16-18-6-5-7-18)20-14-30-21(31-15-20)25(26,27)28/h2-4,8-9,14-15,18,22,29,34H,5-7,10-13,16-17H2,1H3/t22?,23-,24+. The molecule has 1 saturated heterocycles. The van der Waals surface area contributed by atoms with Gasteiger partial charge in [-0.15, -0.1) is 0 Å². The largest absolute Gasteiger partial charge is 0.451 e. The van der Waals surface area contributed by atoms with Crippen LogP contribution >= 0.6 is 0 Å². The molecule has 6 nitrogen and oxygen atoms in total. The van der Waals surface area contributed by atoms with E-state index in [2.05, 4.69) is 44.5 Å². The Bertz CT molecular complexity index is 972. The van der Waals surface area contributed by atoms with Gasteiger partial charge in [0, 0.05) is 24.2 Å². The van der Waals surface area contributed by atoms with Crippen molar-refractivity contribution in [2.75, 3.05) is 25.0 Å². The average Bonchev–Trinajstić information content (AvgIpc) is 3.08. The summed E-state index contributed by atoms with van der Waals surface area (Å²) in [5, 5.41) is 15.0. The maximum absolute atomic E-state index is 13.0. The molecule has 34 heavy (non-hydrogen) atoms. The van der Waals surface area contributed by atoms with Gasteiger partial charge in [-0.2, -0.15) is 13.2 Å². The van der Waals surface area contributed by atoms with Crippen molar-refractivity contribution in [2.24, 2.45) is 5.92 Å². The van der Waals surface area contributed by atoms with Crippen molar-refractivity contribution in [2.45, 2.75) is 68.6 Å². The van der Waals surface area contributed by atoms with Gasteiger partial charge in [0.2, 0.25) is 5.82 Å². The molecular formula is C25H32F3N5O. The highest BCUT2D eigenvalue weighted by atomic mass is 19.4. The Morgan fingerprint density at radius 3 is 2.24 bits per heavy atom. The van der Waals surface area contributed by atoms with Crippen LogP contribution in [-0.4, -0.2) is 52.0 Å². The summed E-state index contributed by atoms with van der Waals surface area (Å²) in [6.07, 6.45) is 4.01. The minimum atomic E-state index is -4.59. The number of aliphatic hydroxyl groups is 1. The van der Waals surface area contributed by atoms with Crippen LogP contribution in [0, 0.1) is 5.92 Å². The maximum Gasteiger partial charge on any atom is 0.451 e. The van der Waals surface area contributed by atoms with Gasteiger partial charge < -0.3 is 15.3 Å². The molecule has 3 fully saturated rings. The van der Waals surface area contributed by atoms with Gasteiger partial charge in [-0.3, -0.25) is 4.90 Å². The molecule has 184 valence electrons. The number of rotatable bonds is 5. The second-order valence-electron chi connectivity index (χ2n) is 10.1. The van der Waals surface area contributed by atoms with Gasteiger partial charge in [0.1, 0.15) is 0 Å². The highest BCUT2D eigenvalue weighted by Gasteiger charge is 2.54. The van der Waals surface area contributed by atoms with E-state index in [1.807, 2.05) is 13.1 Å². The third-order valence-electron chi connectivity index (χ3n) is 8.37. The SMILES string of the molecule is CN[C@]1(c2ccccc2)CC[C@]2(CC1)CN(c1cnc(C(F)(F)F)nc1)C(O)N2CC1CCC1. The lowest BCUT2D eigenvalue weighted by molar-refractivity contribution is -0.144. The number of aromatic nitrogens is 2. The van der Waals surface area contributed by atoms with E-state index in [1.165, 1.54) is 24.4 Å². The molecule has 2 saturated carbocycles. The quantitative estimate of drug-likeness (QED) is 0.678. The summed E-state index contributed by atoms with van der Waals surface area (Å²) in [6.45, 7) is 1.35. The Kier molecular flexibility index (Phi) is 6.06. The number of alkyl halides is 3. The van der Waals surface area contributed by atoms with Crippen LogP contribution in [0.5, 0.6) is 0 Å². The summed E-state index contributed by atoms with van der Waals surface area (Å²) in [7, 11) is 2.01. The Balaban J connectivity index is 1.41. The van der Waals surface area contributed by atoms with Crippen LogP contribution in [0.2, 0.25) is 0 Å². The fourth-order valence-corrected chi connectivity index (χ4v) is 6.01. The van der Waals surface area contributed by atoms with Crippen LogP contribution in [-0.2, 0) is 11.7 Å². The van der Waals surface area contributed by atoms with E-state index in [-0.39, 0.29) is 11.1 Å². The van der Waals surface area contributed by atoms with Crippen molar-refractivity contribution in [3.05, 3.63) is 54.1 Å². The Labute approximate surface area is 198 Å². The van der Waals surface area contributed by atoms with Gasteiger partial charge in [0.25, 0.3) is 0 Å². The summed E-state index contributed by atoms with van der Waals surface area (Å²) in [6, 6.07) is 10.5. The highest BCUT2D eigenvalue weighted by molar-refractivity contribution is 5.45. The van der Waals surface area contributed by atoms with Crippen molar-refractivity contribution < 1.29 is 18.3 Å². The summed E-state index contributed by atoms with van der Waals surface area (Å²) in [4.78, 5) is 11.0. The molecule has 1 atom stereocenters. The molecule has 2 N–H and O–H groups in total. The van der Waals surface area contributed by atoms with Gasteiger partial charge in [0.15, 0.2) is 6.35 Å². The molecule has 1 spiro atoms. The predicted molar refractivity (Wildman–Crippen MR) is 123 cm³/mol. The first-order valence-electron chi connectivity index (χ1n) is 12.1. The van der Waals surface area contributed by atoms with Crippen molar-refractivity contribution in [3.8, 4) is 0 Å². The first kappa shape index (κ1) is 23.5. The van der Waals surface area contributed by atoms with Gasteiger partial charge >= 0.3 is 6.18 Å². The Morgan fingerprint density at radius 1 is 1.06 bits per heavy atom. The number of benzene rings is 1. The van der Waals surface area contributed by atoms with E-state index < -0.39 is 18.4 Å². The fraction of sp³-hybridized carbons (Fsp3) is 0.600. The van der Waals surface area contributed by atoms with Crippen LogP contribution in [0.25, 0.3) is 0 Å².